The summed E-state index contributed by atoms with van der Waals surface area (Å²) in [5.41, 5.74) is 0. The molecular weight excluding hydrogens is 270 g/mol. The zero-order chi connectivity index (χ0) is 11.8. The summed E-state index contributed by atoms with van der Waals surface area (Å²) in [5.74, 6) is 0.862. The number of amides is 1. The number of halogens is 1. The first kappa shape index (κ1) is 14.0. The third kappa shape index (κ3) is 4.83. The summed E-state index contributed by atoms with van der Waals surface area (Å²) in [4.78, 5) is 13.9. The highest BCUT2D eigenvalue weighted by Crippen LogP contribution is 2.17. The fraction of sp³-hybridized carbons (Fsp3) is 0.917. The third-order valence-corrected chi connectivity index (χ3v) is 3.61. The number of hydrogen-bond acceptors (Lipinski definition) is 2. The average molecular weight is 292 g/mol. The number of unbranched alkanes of at least 4 members (excludes halogenated alkanes) is 1. The van der Waals surface area contributed by atoms with Crippen LogP contribution >= 0.6 is 15.9 Å². The quantitative estimate of drug-likeness (QED) is 0.556. The second kappa shape index (κ2) is 8.07. The summed E-state index contributed by atoms with van der Waals surface area (Å²) in [7, 11) is 1.73. The molecule has 1 atom stereocenters. The SMILES string of the molecule is COCC1CCCN(C(=O)CCCCBr)C1. The standard InChI is InChI=1S/C12H22BrNO2/c1-16-10-11-5-4-8-14(9-11)12(15)6-2-3-7-13/h11H,2-10H2,1H3. The van der Waals surface area contributed by atoms with Crippen molar-refractivity contribution in [2.75, 3.05) is 32.1 Å². The van der Waals surface area contributed by atoms with Crippen LogP contribution in [0.5, 0.6) is 0 Å². The number of hydrogen-bond donors (Lipinski definition) is 0. The molecule has 0 aromatic rings. The molecular formula is C12H22BrNO2. The van der Waals surface area contributed by atoms with E-state index in [0.717, 1.165) is 44.3 Å². The second-order valence-corrected chi connectivity index (χ2v) is 5.24. The van der Waals surface area contributed by atoms with Gasteiger partial charge in [0.05, 0.1) is 6.61 Å². The van der Waals surface area contributed by atoms with Crippen LogP contribution in [0.2, 0.25) is 0 Å². The average Bonchev–Trinajstić information content (AvgIpc) is 2.30. The zero-order valence-electron chi connectivity index (χ0n) is 10.1. The van der Waals surface area contributed by atoms with Gasteiger partial charge in [-0.15, -0.1) is 0 Å². The Bertz CT molecular complexity index is 209. The lowest BCUT2D eigenvalue weighted by atomic mass is 9.98. The third-order valence-electron chi connectivity index (χ3n) is 3.05. The molecule has 1 aliphatic heterocycles. The molecule has 1 aliphatic rings. The Morgan fingerprint density at radius 2 is 2.31 bits per heavy atom. The molecule has 0 aromatic carbocycles. The Morgan fingerprint density at radius 1 is 1.50 bits per heavy atom. The molecule has 0 spiro atoms. The van der Waals surface area contributed by atoms with Crippen LogP contribution in [0, 0.1) is 5.92 Å². The number of ether oxygens (including phenoxy) is 1. The van der Waals surface area contributed by atoms with Crippen LogP contribution in [0.1, 0.15) is 32.1 Å². The number of methoxy groups -OCH3 is 1. The van der Waals surface area contributed by atoms with E-state index >= 15 is 0 Å². The summed E-state index contributed by atoms with van der Waals surface area (Å²) < 4.78 is 5.16. The topological polar surface area (TPSA) is 29.5 Å². The first-order valence-corrected chi connectivity index (χ1v) is 7.22. The molecule has 1 rings (SSSR count). The van der Waals surface area contributed by atoms with Gasteiger partial charge in [0.2, 0.25) is 5.91 Å². The Balaban J connectivity index is 2.26. The van der Waals surface area contributed by atoms with Gasteiger partial charge in [0.25, 0.3) is 0 Å². The van der Waals surface area contributed by atoms with E-state index in [1.165, 1.54) is 6.42 Å². The lowest BCUT2D eigenvalue weighted by Crippen LogP contribution is -2.41. The molecule has 1 amide bonds. The number of alkyl halides is 1. The van der Waals surface area contributed by atoms with Gasteiger partial charge in [-0.1, -0.05) is 15.9 Å². The highest BCUT2D eigenvalue weighted by molar-refractivity contribution is 9.09. The van der Waals surface area contributed by atoms with Gasteiger partial charge in [0, 0.05) is 32.0 Å². The molecule has 0 radical (unpaired) electrons. The minimum absolute atomic E-state index is 0.321. The molecule has 0 saturated carbocycles. The molecule has 1 fully saturated rings. The Labute approximate surface area is 107 Å². The normalized spacial score (nSPS) is 21.1. The van der Waals surface area contributed by atoms with Gasteiger partial charge in [0.15, 0.2) is 0 Å². The largest absolute Gasteiger partial charge is 0.384 e. The van der Waals surface area contributed by atoms with Crippen molar-refractivity contribution in [1.29, 1.82) is 0 Å². The lowest BCUT2D eigenvalue weighted by molar-refractivity contribution is -0.133. The maximum Gasteiger partial charge on any atom is 0.222 e. The van der Waals surface area contributed by atoms with Crippen molar-refractivity contribution in [2.24, 2.45) is 5.92 Å². The number of nitrogens with zero attached hydrogens (tertiary/aromatic N) is 1. The number of likely N-dealkylation sites (tertiary alicyclic amines) is 1. The van der Waals surface area contributed by atoms with E-state index < -0.39 is 0 Å². The van der Waals surface area contributed by atoms with E-state index in [9.17, 15) is 4.79 Å². The molecule has 16 heavy (non-hydrogen) atoms. The van der Waals surface area contributed by atoms with Crippen LogP contribution in [0.3, 0.4) is 0 Å². The summed E-state index contributed by atoms with van der Waals surface area (Å²) in [5, 5.41) is 0.993. The molecule has 3 nitrogen and oxygen atoms in total. The van der Waals surface area contributed by atoms with Gasteiger partial charge in [-0.05, 0) is 31.6 Å². The van der Waals surface area contributed by atoms with Gasteiger partial charge in [-0.3, -0.25) is 4.79 Å². The molecule has 1 unspecified atom stereocenters. The molecule has 0 aliphatic carbocycles. The van der Waals surface area contributed by atoms with Gasteiger partial charge >= 0.3 is 0 Å². The smallest absolute Gasteiger partial charge is 0.222 e. The van der Waals surface area contributed by atoms with Crippen LogP contribution in [-0.4, -0.2) is 42.9 Å². The molecule has 94 valence electrons. The van der Waals surface area contributed by atoms with E-state index in [2.05, 4.69) is 15.9 Å². The van der Waals surface area contributed by atoms with Crippen LogP contribution in [0.4, 0.5) is 0 Å². The minimum Gasteiger partial charge on any atom is -0.384 e. The van der Waals surface area contributed by atoms with Crippen LogP contribution < -0.4 is 0 Å². The molecule has 0 aromatic heterocycles. The van der Waals surface area contributed by atoms with Gasteiger partial charge in [0.1, 0.15) is 0 Å². The molecule has 1 saturated heterocycles. The van der Waals surface area contributed by atoms with Crippen molar-refractivity contribution in [3.05, 3.63) is 0 Å². The van der Waals surface area contributed by atoms with E-state index in [1.54, 1.807) is 7.11 Å². The summed E-state index contributed by atoms with van der Waals surface area (Å²) in [6.07, 6.45) is 5.10. The number of piperidine rings is 1. The van der Waals surface area contributed by atoms with Gasteiger partial charge < -0.3 is 9.64 Å². The summed E-state index contributed by atoms with van der Waals surface area (Å²) in [6.45, 7) is 2.61. The Morgan fingerprint density at radius 3 is 3.00 bits per heavy atom. The van der Waals surface area contributed by atoms with Crippen LogP contribution in [-0.2, 0) is 9.53 Å². The Kier molecular flexibility index (Phi) is 7.05. The van der Waals surface area contributed by atoms with Crippen molar-refractivity contribution < 1.29 is 9.53 Å². The fourth-order valence-corrected chi connectivity index (χ4v) is 2.59. The number of rotatable bonds is 6. The predicted molar refractivity (Wildman–Crippen MR) is 68.8 cm³/mol. The fourth-order valence-electron chi connectivity index (χ4n) is 2.19. The minimum atomic E-state index is 0.321. The highest BCUT2D eigenvalue weighted by atomic mass is 79.9. The first-order chi connectivity index (χ1) is 7.77. The molecule has 4 heteroatoms. The van der Waals surface area contributed by atoms with Crippen molar-refractivity contribution in [1.82, 2.24) is 4.90 Å². The lowest BCUT2D eigenvalue weighted by Gasteiger charge is -2.32. The van der Waals surface area contributed by atoms with Gasteiger partial charge in [-0.2, -0.15) is 0 Å². The van der Waals surface area contributed by atoms with E-state index in [1.807, 2.05) is 4.90 Å². The maximum atomic E-state index is 11.9. The number of carbonyl (C=O) groups is 1. The monoisotopic (exact) mass is 291 g/mol. The van der Waals surface area contributed by atoms with Crippen molar-refractivity contribution >= 4 is 21.8 Å². The number of carbonyl (C=O) groups excluding carboxylic acids is 1. The summed E-state index contributed by atoms with van der Waals surface area (Å²) in [6, 6.07) is 0. The molecule has 0 N–H and O–H groups in total. The maximum absolute atomic E-state index is 11.9. The summed E-state index contributed by atoms with van der Waals surface area (Å²) >= 11 is 3.38. The van der Waals surface area contributed by atoms with Crippen LogP contribution in [0.25, 0.3) is 0 Å². The van der Waals surface area contributed by atoms with E-state index in [4.69, 9.17) is 4.74 Å². The van der Waals surface area contributed by atoms with Crippen molar-refractivity contribution in [2.45, 2.75) is 32.1 Å². The van der Waals surface area contributed by atoms with Crippen molar-refractivity contribution in [3.8, 4) is 0 Å². The Hall–Kier alpha value is -0.0900. The molecule has 1 heterocycles. The second-order valence-electron chi connectivity index (χ2n) is 4.45. The van der Waals surface area contributed by atoms with Crippen molar-refractivity contribution in [3.63, 3.8) is 0 Å². The van der Waals surface area contributed by atoms with E-state index in [0.29, 0.717) is 18.2 Å². The first-order valence-electron chi connectivity index (χ1n) is 6.10. The van der Waals surface area contributed by atoms with Crippen LogP contribution in [0.15, 0.2) is 0 Å². The highest BCUT2D eigenvalue weighted by Gasteiger charge is 2.22. The zero-order valence-corrected chi connectivity index (χ0v) is 11.7. The predicted octanol–water partition coefficient (Wildman–Crippen LogP) is 2.44. The van der Waals surface area contributed by atoms with E-state index in [-0.39, 0.29) is 0 Å². The van der Waals surface area contributed by atoms with Gasteiger partial charge in [-0.25, -0.2) is 0 Å². The molecule has 0 bridgehead atoms.